The predicted molar refractivity (Wildman–Crippen MR) is 61.1 cm³/mol. The van der Waals surface area contributed by atoms with E-state index in [0.717, 1.165) is 12.8 Å². The average Bonchev–Trinajstić information content (AvgIpc) is 2.45. The molecule has 0 atom stereocenters. The topological polar surface area (TPSA) is 66.4 Å². The molecule has 0 saturated heterocycles. The molecule has 16 heavy (non-hydrogen) atoms. The van der Waals surface area contributed by atoms with Crippen LogP contribution in [0.25, 0.3) is 0 Å². The minimum Gasteiger partial charge on any atom is -0.481 e. The van der Waals surface area contributed by atoms with Crippen molar-refractivity contribution in [2.45, 2.75) is 51.4 Å². The Kier molecular flexibility index (Phi) is 5.90. The van der Waals surface area contributed by atoms with Crippen LogP contribution in [0.5, 0.6) is 0 Å². The molecule has 1 saturated carbocycles. The molecule has 1 rings (SSSR count). The van der Waals surface area contributed by atoms with Crippen molar-refractivity contribution in [1.29, 1.82) is 0 Å². The Balaban J connectivity index is 2.14. The molecule has 0 heterocycles. The maximum atomic E-state index is 11.5. The first kappa shape index (κ1) is 13.0. The fourth-order valence-electron chi connectivity index (χ4n) is 2.21. The van der Waals surface area contributed by atoms with Gasteiger partial charge in [0, 0.05) is 13.0 Å². The highest BCUT2D eigenvalue weighted by atomic mass is 16.4. The molecule has 4 heteroatoms. The SMILES string of the molecule is O=C(O)CCNC(=O)CC1CCCCCC1. The molecule has 4 nitrogen and oxygen atoms in total. The first-order valence-electron chi connectivity index (χ1n) is 6.17. The summed E-state index contributed by atoms with van der Waals surface area (Å²) in [5, 5.41) is 11.1. The van der Waals surface area contributed by atoms with Crippen LogP contribution in [0.3, 0.4) is 0 Å². The van der Waals surface area contributed by atoms with E-state index in [1.54, 1.807) is 0 Å². The van der Waals surface area contributed by atoms with Crippen molar-refractivity contribution in [3.63, 3.8) is 0 Å². The lowest BCUT2D eigenvalue weighted by atomic mass is 9.96. The molecule has 1 aliphatic carbocycles. The van der Waals surface area contributed by atoms with Crippen LogP contribution in [-0.2, 0) is 9.59 Å². The van der Waals surface area contributed by atoms with Gasteiger partial charge in [0.05, 0.1) is 6.42 Å². The third-order valence-electron chi connectivity index (χ3n) is 3.11. The number of carbonyl (C=O) groups is 2. The van der Waals surface area contributed by atoms with Gasteiger partial charge >= 0.3 is 5.97 Å². The van der Waals surface area contributed by atoms with E-state index >= 15 is 0 Å². The fraction of sp³-hybridized carbons (Fsp3) is 0.833. The van der Waals surface area contributed by atoms with Crippen LogP contribution in [0.1, 0.15) is 51.4 Å². The third-order valence-corrected chi connectivity index (χ3v) is 3.11. The molecule has 0 aromatic rings. The largest absolute Gasteiger partial charge is 0.481 e. The lowest BCUT2D eigenvalue weighted by molar-refractivity contribution is -0.136. The lowest BCUT2D eigenvalue weighted by Gasteiger charge is -2.13. The van der Waals surface area contributed by atoms with Gasteiger partial charge in [-0.3, -0.25) is 9.59 Å². The van der Waals surface area contributed by atoms with Gasteiger partial charge in [0.2, 0.25) is 5.91 Å². The molecule has 1 amide bonds. The summed E-state index contributed by atoms with van der Waals surface area (Å²) in [6, 6.07) is 0. The van der Waals surface area contributed by atoms with Crippen molar-refractivity contribution in [2.75, 3.05) is 6.54 Å². The van der Waals surface area contributed by atoms with E-state index in [9.17, 15) is 9.59 Å². The molecule has 1 fully saturated rings. The fourth-order valence-corrected chi connectivity index (χ4v) is 2.21. The Morgan fingerprint density at radius 1 is 1.12 bits per heavy atom. The van der Waals surface area contributed by atoms with E-state index in [1.807, 2.05) is 0 Å². The second kappa shape index (κ2) is 7.25. The summed E-state index contributed by atoms with van der Waals surface area (Å²) >= 11 is 0. The van der Waals surface area contributed by atoms with Crippen molar-refractivity contribution >= 4 is 11.9 Å². The van der Waals surface area contributed by atoms with Gasteiger partial charge in [-0.15, -0.1) is 0 Å². The van der Waals surface area contributed by atoms with Crippen molar-refractivity contribution < 1.29 is 14.7 Å². The third kappa shape index (κ3) is 5.73. The molecule has 92 valence electrons. The summed E-state index contributed by atoms with van der Waals surface area (Å²) < 4.78 is 0. The second-order valence-corrected chi connectivity index (χ2v) is 4.56. The molecule has 1 aliphatic rings. The standard InChI is InChI=1S/C12H21NO3/c14-11(13-8-7-12(15)16)9-10-5-3-1-2-4-6-10/h10H,1-9H2,(H,13,14)(H,15,16). The number of carboxylic acid groups (broad SMARTS) is 1. The van der Waals surface area contributed by atoms with Gasteiger partial charge in [-0.25, -0.2) is 0 Å². The highest BCUT2D eigenvalue weighted by molar-refractivity contribution is 5.77. The van der Waals surface area contributed by atoms with Crippen LogP contribution in [0, 0.1) is 5.92 Å². The van der Waals surface area contributed by atoms with Crippen LogP contribution in [0.15, 0.2) is 0 Å². The van der Waals surface area contributed by atoms with E-state index in [4.69, 9.17) is 5.11 Å². The Labute approximate surface area is 96.4 Å². The van der Waals surface area contributed by atoms with Crippen molar-refractivity contribution in [3.05, 3.63) is 0 Å². The number of nitrogens with one attached hydrogen (secondary N) is 1. The van der Waals surface area contributed by atoms with E-state index < -0.39 is 5.97 Å². The van der Waals surface area contributed by atoms with Gasteiger partial charge in [-0.2, -0.15) is 0 Å². The molecule has 0 bridgehead atoms. The number of carboxylic acids is 1. The number of rotatable bonds is 5. The van der Waals surface area contributed by atoms with Crippen molar-refractivity contribution in [1.82, 2.24) is 5.32 Å². The van der Waals surface area contributed by atoms with Gasteiger partial charge in [-0.1, -0.05) is 25.7 Å². The first-order valence-corrected chi connectivity index (χ1v) is 6.17. The molecular formula is C12H21NO3. The average molecular weight is 227 g/mol. The zero-order valence-corrected chi connectivity index (χ0v) is 9.71. The van der Waals surface area contributed by atoms with Crippen LogP contribution in [-0.4, -0.2) is 23.5 Å². The quantitative estimate of drug-likeness (QED) is 0.705. The monoisotopic (exact) mass is 227 g/mol. The zero-order valence-electron chi connectivity index (χ0n) is 9.71. The van der Waals surface area contributed by atoms with E-state index in [0.29, 0.717) is 12.3 Å². The van der Waals surface area contributed by atoms with E-state index in [1.165, 1.54) is 25.7 Å². The normalized spacial score (nSPS) is 17.8. The smallest absolute Gasteiger partial charge is 0.305 e. The van der Waals surface area contributed by atoms with Gasteiger partial charge in [0.1, 0.15) is 0 Å². The molecule has 0 radical (unpaired) electrons. The minimum atomic E-state index is -0.866. The molecule has 2 N–H and O–H groups in total. The number of hydrogen-bond donors (Lipinski definition) is 2. The Morgan fingerprint density at radius 2 is 1.75 bits per heavy atom. The van der Waals surface area contributed by atoms with Gasteiger partial charge in [0.25, 0.3) is 0 Å². The summed E-state index contributed by atoms with van der Waals surface area (Å²) in [6.45, 7) is 0.251. The van der Waals surface area contributed by atoms with Crippen LogP contribution >= 0.6 is 0 Å². The maximum Gasteiger partial charge on any atom is 0.305 e. The summed E-state index contributed by atoms with van der Waals surface area (Å²) in [5.74, 6) is -0.352. The molecule has 0 unspecified atom stereocenters. The molecular weight excluding hydrogens is 206 g/mol. The minimum absolute atomic E-state index is 0.00755. The van der Waals surface area contributed by atoms with Crippen LogP contribution in [0.2, 0.25) is 0 Å². The number of carbonyl (C=O) groups excluding carboxylic acids is 1. The number of hydrogen-bond acceptors (Lipinski definition) is 2. The molecule has 0 aromatic carbocycles. The second-order valence-electron chi connectivity index (χ2n) is 4.56. The predicted octanol–water partition coefficient (Wildman–Crippen LogP) is 1.94. The Bertz CT molecular complexity index is 232. The van der Waals surface area contributed by atoms with E-state index in [-0.39, 0.29) is 18.9 Å². The van der Waals surface area contributed by atoms with Crippen LogP contribution in [0.4, 0.5) is 0 Å². The zero-order chi connectivity index (χ0) is 11.8. The summed E-state index contributed by atoms with van der Waals surface area (Å²) in [7, 11) is 0. The number of amides is 1. The summed E-state index contributed by atoms with van der Waals surface area (Å²) in [5.41, 5.74) is 0. The molecule has 0 spiro atoms. The maximum absolute atomic E-state index is 11.5. The summed E-state index contributed by atoms with van der Waals surface area (Å²) in [4.78, 5) is 21.8. The van der Waals surface area contributed by atoms with Crippen molar-refractivity contribution in [3.8, 4) is 0 Å². The number of aliphatic carboxylic acids is 1. The lowest BCUT2D eigenvalue weighted by Crippen LogP contribution is -2.27. The molecule has 0 aliphatic heterocycles. The Morgan fingerprint density at radius 3 is 2.31 bits per heavy atom. The van der Waals surface area contributed by atoms with Crippen molar-refractivity contribution in [2.24, 2.45) is 5.92 Å². The van der Waals surface area contributed by atoms with Gasteiger partial charge in [0.15, 0.2) is 0 Å². The van der Waals surface area contributed by atoms with E-state index in [2.05, 4.69) is 5.32 Å². The highest BCUT2D eigenvalue weighted by Crippen LogP contribution is 2.25. The Hall–Kier alpha value is -1.06. The van der Waals surface area contributed by atoms with Crippen LogP contribution < -0.4 is 5.32 Å². The molecule has 0 aromatic heterocycles. The first-order chi connectivity index (χ1) is 7.68. The van der Waals surface area contributed by atoms with Gasteiger partial charge < -0.3 is 10.4 Å². The van der Waals surface area contributed by atoms with Gasteiger partial charge in [-0.05, 0) is 18.8 Å². The highest BCUT2D eigenvalue weighted by Gasteiger charge is 2.15. The summed E-state index contributed by atoms with van der Waals surface area (Å²) in [6.07, 6.45) is 7.91.